The van der Waals surface area contributed by atoms with E-state index >= 15 is 0 Å². The first kappa shape index (κ1) is 25.8. The second-order valence-corrected chi connectivity index (χ2v) is 7.33. The Labute approximate surface area is 192 Å². The standard InChI is InChI=1S/C20H25F5N6O3/c21-12-13(22)15(24)17(16(25)14(12)23)34-20-30-18(27-6-8-33-10-9-32-7-5-26)29-19(31-20)28-11-3-1-2-4-11/h11H,1-10,26H2,(H2,27,28,29,30,31). The van der Waals surface area contributed by atoms with E-state index in [0.29, 0.717) is 26.4 Å². The molecule has 34 heavy (non-hydrogen) atoms. The van der Waals surface area contributed by atoms with Crippen LogP contribution in [0.3, 0.4) is 0 Å². The lowest BCUT2D eigenvalue weighted by atomic mass is 10.2. The maximum Gasteiger partial charge on any atom is 0.328 e. The van der Waals surface area contributed by atoms with Gasteiger partial charge in [-0.3, -0.25) is 0 Å². The fourth-order valence-corrected chi connectivity index (χ4v) is 3.20. The van der Waals surface area contributed by atoms with Gasteiger partial charge in [0.15, 0.2) is 0 Å². The average Bonchev–Trinajstić information content (AvgIpc) is 3.34. The first-order valence-electron chi connectivity index (χ1n) is 10.7. The van der Waals surface area contributed by atoms with Crippen molar-refractivity contribution in [3.63, 3.8) is 0 Å². The van der Waals surface area contributed by atoms with Crippen LogP contribution in [-0.2, 0) is 9.47 Å². The topological polar surface area (TPSA) is 116 Å². The van der Waals surface area contributed by atoms with Crippen molar-refractivity contribution < 1.29 is 36.2 Å². The van der Waals surface area contributed by atoms with Gasteiger partial charge in [0.1, 0.15) is 0 Å². The lowest BCUT2D eigenvalue weighted by molar-refractivity contribution is 0.0547. The zero-order chi connectivity index (χ0) is 24.5. The summed E-state index contributed by atoms with van der Waals surface area (Å²) in [5.74, 6) is -12.4. The number of anilines is 2. The SMILES string of the molecule is NCCOCCOCCNc1nc(NC2CCCC2)nc(Oc2c(F)c(F)c(F)c(F)c2F)n1. The van der Waals surface area contributed by atoms with Gasteiger partial charge in [-0.05, 0) is 12.8 Å². The first-order chi connectivity index (χ1) is 16.4. The van der Waals surface area contributed by atoms with E-state index in [2.05, 4.69) is 25.6 Å². The summed E-state index contributed by atoms with van der Waals surface area (Å²) in [5.41, 5.74) is 5.31. The van der Waals surface area contributed by atoms with E-state index in [1.807, 2.05) is 0 Å². The van der Waals surface area contributed by atoms with E-state index in [1.165, 1.54) is 0 Å². The summed E-state index contributed by atoms with van der Waals surface area (Å²) >= 11 is 0. The minimum atomic E-state index is -2.29. The van der Waals surface area contributed by atoms with Gasteiger partial charge in [-0.2, -0.15) is 23.7 Å². The lowest BCUT2D eigenvalue weighted by Gasteiger charge is -2.15. The highest BCUT2D eigenvalue weighted by atomic mass is 19.2. The normalized spacial score (nSPS) is 13.9. The van der Waals surface area contributed by atoms with Crippen molar-refractivity contribution in [1.82, 2.24) is 15.0 Å². The van der Waals surface area contributed by atoms with Crippen LogP contribution in [-0.4, -0.2) is 60.5 Å². The number of benzene rings is 1. The molecule has 1 aliphatic carbocycles. The molecule has 0 unspecified atom stereocenters. The molecule has 1 aliphatic rings. The van der Waals surface area contributed by atoms with Crippen molar-refractivity contribution in [1.29, 1.82) is 0 Å². The number of nitrogens with zero attached hydrogens (tertiary/aromatic N) is 3. The number of nitrogens with one attached hydrogen (secondary N) is 2. The number of ether oxygens (including phenoxy) is 3. The molecular formula is C20H25F5N6O3. The van der Waals surface area contributed by atoms with Crippen molar-refractivity contribution in [2.45, 2.75) is 31.7 Å². The maximum absolute atomic E-state index is 14.0. The molecule has 0 bridgehead atoms. The Morgan fingerprint density at radius 1 is 0.765 bits per heavy atom. The lowest BCUT2D eigenvalue weighted by Crippen LogP contribution is -2.19. The monoisotopic (exact) mass is 492 g/mol. The highest BCUT2D eigenvalue weighted by molar-refractivity contribution is 5.39. The summed E-state index contributed by atoms with van der Waals surface area (Å²) in [4.78, 5) is 12.0. The van der Waals surface area contributed by atoms with E-state index < -0.39 is 40.8 Å². The summed E-state index contributed by atoms with van der Waals surface area (Å²) in [7, 11) is 0. The molecule has 14 heteroatoms. The Hall–Kier alpha value is -2.84. The van der Waals surface area contributed by atoms with Crippen LogP contribution in [0.4, 0.5) is 33.8 Å². The predicted octanol–water partition coefficient (Wildman–Crippen LogP) is 3.12. The third-order valence-corrected chi connectivity index (χ3v) is 4.83. The number of aromatic nitrogens is 3. The number of halogens is 5. The molecule has 0 saturated heterocycles. The third-order valence-electron chi connectivity index (χ3n) is 4.83. The predicted molar refractivity (Wildman–Crippen MR) is 111 cm³/mol. The molecule has 3 rings (SSSR count). The number of hydrogen-bond acceptors (Lipinski definition) is 9. The van der Waals surface area contributed by atoms with Gasteiger partial charge in [0.05, 0.1) is 26.4 Å². The maximum atomic E-state index is 14.0. The summed E-state index contributed by atoms with van der Waals surface area (Å²) in [6.07, 6.45) is 3.74. The Kier molecular flexibility index (Phi) is 9.53. The molecule has 0 spiro atoms. The van der Waals surface area contributed by atoms with Crippen molar-refractivity contribution >= 4 is 11.9 Å². The largest absolute Gasteiger partial charge is 0.418 e. The molecule has 1 aromatic heterocycles. The molecule has 1 fully saturated rings. The molecule has 4 N–H and O–H groups in total. The van der Waals surface area contributed by atoms with Gasteiger partial charge < -0.3 is 30.6 Å². The van der Waals surface area contributed by atoms with E-state index in [0.717, 1.165) is 25.7 Å². The molecule has 1 saturated carbocycles. The van der Waals surface area contributed by atoms with Crippen LogP contribution in [0, 0.1) is 29.1 Å². The summed E-state index contributed by atoms with van der Waals surface area (Å²) in [5, 5.41) is 5.90. The zero-order valence-corrected chi connectivity index (χ0v) is 18.2. The third kappa shape index (κ3) is 6.84. The molecule has 2 aromatic rings. The smallest absolute Gasteiger partial charge is 0.328 e. The Balaban J connectivity index is 1.72. The Bertz CT molecular complexity index is 936. The molecule has 0 radical (unpaired) electrons. The highest BCUT2D eigenvalue weighted by Crippen LogP contribution is 2.32. The van der Waals surface area contributed by atoms with Crippen molar-refractivity contribution in [3.05, 3.63) is 29.1 Å². The molecule has 9 nitrogen and oxygen atoms in total. The van der Waals surface area contributed by atoms with Gasteiger partial charge >= 0.3 is 6.01 Å². The van der Waals surface area contributed by atoms with Crippen LogP contribution in [0.15, 0.2) is 0 Å². The van der Waals surface area contributed by atoms with Crippen LogP contribution < -0.4 is 21.1 Å². The summed E-state index contributed by atoms with van der Waals surface area (Å²) in [6, 6.07) is -0.591. The van der Waals surface area contributed by atoms with E-state index in [4.69, 9.17) is 19.9 Å². The van der Waals surface area contributed by atoms with Gasteiger partial charge in [-0.15, -0.1) is 0 Å². The number of nitrogens with two attached hydrogens (primary N) is 1. The second-order valence-electron chi connectivity index (χ2n) is 7.33. The summed E-state index contributed by atoms with van der Waals surface area (Å²) in [6.45, 7) is 2.03. The highest BCUT2D eigenvalue weighted by Gasteiger charge is 2.28. The van der Waals surface area contributed by atoms with Gasteiger partial charge in [-0.25, -0.2) is 13.2 Å². The molecule has 188 valence electrons. The van der Waals surface area contributed by atoms with Gasteiger partial charge in [-0.1, -0.05) is 12.8 Å². The van der Waals surface area contributed by atoms with Crippen LogP contribution in [0.25, 0.3) is 0 Å². The van der Waals surface area contributed by atoms with E-state index in [9.17, 15) is 22.0 Å². The van der Waals surface area contributed by atoms with Crippen LogP contribution in [0.5, 0.6) is 11.8 Å². The van der Waals surface area contributed by atoms with Gasteiger partial charge in [0.2, 0.25) is 46.7 Å². The molecule has 1 heterocycles. The molecule has 1 aromatic carbocycles. The molecule has 0 aliphatic heterocycles. The van der Waals surface area contributed by atoms with Crippen molar-refractivity contribution in [2.75, 3.05) is 50.2 Å². The van der Waals surface area contributed by atoms with Gasteiger partial charge in [0, 0.05) is 19.1 Å². The number of hydrogen-bond donors (Lipinski definition) is 3. The minimum absolute atomic E-state index is 0.0272. The quantitative estimate of drug-likeness (QED) is 0.168. The van der Waals surface area contributed by atoms with Crippen molar-refractivity contribution in [2.24, 2.45) is 5.73 Å². The number of rotatable bonds is 13. The van der Waals surface area contributed by atoms with Crippen LogP contribution in [0.2, 0.25) is 0 Å². The second kappa shape index (κ2) is 12.6. The summed E-state index contributed by atoms with van der Waals surface area (Å²) < 4.78 is 83.9. The Morgan fingerprint density at radius 2 is 1.35 bits per heavy atom. The minimum Gasteiger partial charge on any atom is -0.418 e. The fourth-order valence-electron chi connectivity index (χ4n) is 3.20. The average molecular weight is 492 g/mol. The van der Waals surface area contributed by atoms with Crippen molar-refractivity contribution in [3.8, 4) is 11.8 Å². The molecular weight excluding hydrogens is 467 g/mol. The molecule has 0 amide bonds. The fraction of sp³-hybridized carbons (Fsp3) is 0.550. The zero-order valence-electron chi connectivity index (χ0n) is 18.2. The van der Waals surface area contributed by atoms with E-state index in [1.54, 1.807) is 0 Å². The van der Waals surface area contributed by atoms with E-state index in [-0.39, 0.29) is 31.1 Å². The van der Waals surface area contributed by atoms with Crippen LogP contribution >= 0.6 is 0 Å². The van der Waals surface area contributed by atoms with Gasteiger partial charge in [0.25, 0.3) is 0 Å². The first-order valence-corrected chi connectivity index (χ1v) is 10.7. The van der Waals surface area contributed by atoms with Crippen LogP contribution in [0.1, 0.15) is 25.7 Å². The Morgan fingerprint density at radius 3 is 2.00 bits per heavy atom. The molecule has 0 atom stereocenters.